The summed E-state index contributed by atoms with van der Waals surface area (Å²) in [7, 11) is 0. The second-order valence-corrected chi connectivity index (χ2v) is 2.02. The fourth-order valence-electron chi connectivity index (χ4n) is 0.286. The van der Waals surface area contributed by atoms with Crippen LogP contribution in [0.15, 0.2) is 11.1 Å². The van der Waals surface area contributed by atoms with Gasteiger partial charge in [0.05, 0.1) is 0 Å². The monoisotopic (exact) mass is 136 g/mol. The third-order valence-electron chi connectivity index (χ3n) is 0.577. The highest BCUT2D eigenvalue weighted by atomic mass is 35.5. The molecule has 0 aromatic rings. The van der Waals surface area contributed by atoms with Crippen molar-refractivity contribution in [3.05, 3.63) is 11.1 Å². The molecule has 0 heterocycles. The minimum Gasteiger partial charge on any atom is -0.174 e. The van der Waals surface area contributed by atoms with Crippen LogP contribution in [0.2, 0.25) is 0 Å². The zero-order valence-corrected chi connectivity index (χ0v) is 5.97. The third kappa shape index (κ3) is 4.23. The number of thiol groups is 1. The first kappa shape index (κ1) is 7.38. The maximum atomic E-state index is 5.55. The molecule has 0 spiro atoms. The summed E-state index contributed by atoms with van der Waals surface area (Å²) < 4.78 is 0. The number of hydrogen-bond donors (Lipinski definition) is 1. The van der Waals surface area contributed by atoms with Crippen molar-refractivity contribution >= 4 is 24.2 Å². The van der Waals surface area contributed by atoms with Gasteiger partial charge in [0.1, 0.15) is 0 Å². The van der Waals surface area contributed by atoms with Crippen LogP contribution in [-0.4, -0.2) is 5.75 Å². The van der Waals surface area contributed by atoms with E-state index in [-0.39, 0.29) is 0 Å². The Kier molecular flexibility index (Phi) is 4.78. The summed E-state index contributed by atoms with van der Waals surface area (Å²) in [5.41, 5.74) is 0. The summed E-state index contributed by atoms with van der Waals surface area (Å²) in [5, 5.41) is 0.839. The summed E-state index contributed by atoms with van der Waals surface area (Å²) >= 11 is 9.50. The minimum absolute atomic E-state index is 0.662. The lowest BCUT2D eigenvalue weighted by atomic mass is 10.4. The summed E-state index contributed by atoms with van der Waals surface area (Å²) in [6.45, 7) is 2.05. The van der Waals surface area contributed by atoms with E-state index in [1.165, 1.54) is 0 Å². The summed E-state index contributed by atoms with van der Waals surface area (Å²) in [6, 6.07) is 0. The molecular formula is C5H9ClS. The fraction of sp³-hybridized carbons (Fsp3) is 0.600. The van der Waals surface area contributed by atoms with Crippen LogP contribution in [0.5, 0.6) is 0 Å². The average molecular weight is 137 g/mol. The topological polar surface area (TPSA) is 0 Å². The number of rotatable bonds is 2. The normalized spacial score (nSPS) is 12.1. The molecule has 0 saturated heterocycles. The second-order valence-electron chi connectivity index (χ2n) is 1.22. The van der Waals surface area contributed by atoms with Gasteiger partial charge in [0, 0.05) is 10.8 Å². The van der Waals surface area contributed by atoms with Crippen molar-refractivity contribution in [2.75, 3.05) is 5.75 Å². The van der Waals surface area contributed by atoms with Crippen LogP contribution in [0.25, 0.3) is 0 Å². The Bertz CT molecular complexity index is 68.5. The van der Waals surface area contributed by atoms with Crippen molar-refractivity contribution in [2.45, 2.75) is 13.3 Å². The van der Waals surface area contributed by atoms with Gasteiger partial charge >= 0.3 is 0 Å². The molecule has 0 amide bonds. The number of allylic oxidation sites excluding steroid dienone is 1. The Labute approximate surface area is 55.0 Å². The molecule has 0 rings (SSSR count). The molecule has 0 aliphatic rings. The van der Waals surface area contributed by atoms with Crippen molar-refractivity contribution in [3.63, 3.8) is 0 Å². The minimum atomic E-state index is 0.662. The molecule has 0 atom stereocenters. The van der Waals surface area contributed by atoms with Gasteiger partial charge in [-0.3, -0.25) is 0 Å². The van der Waals surface area contributed by atoms with Crippen molar-refractivity contribution in [1.29, 1.82) is 0 Å². The summed E-state index contributed by atoms with van der Waals surface area (Å²) in [6.07, 6.45) is 2.95. The van der Waals surface area contributed by atoms with Crippen LogP contribution in [-0.2, 0) is 0 Å². The molecule has 0 N–H and O–H groups in total. The van der Waals surface area contributed by atoms with E-state index in [1.807, 2.05) is 13.0 Å². The van der Waals surface area contributed by atoms with Crippen molar-refractivity contribution in [3.8, 4) is 0 Å². The SMILES string of the molecule is CC/C=C(\Cl)CS. The van der Waals surface area contributed by atoms with Crippen molar-refractivity contribution < 1.29 is 0 Å². The average Bonchev–Trinajstić information content (AvgIpc) is 1.68. The van der Waals surface area contributed by atoms with E-state index in [0.29, 0.717) is 5.75 Å². The van der Waals surface area contributed by atoms with Crippen LogP contribution in [0.4, 0.5) is 0 Å². The van der Waals surface area contributed by atoms with Crippen molar-refractivity contribution in [2.24, 2.45) is 0 Å². The van der Waals surface area contributed by atoms with Gasteiger partial charge in [-0.2, -0.15) is 12.6 Å². The second kappa shape index (κ2) is 4.54. The summed E-state index contributed by atoms with van der Waals surface area (Å²) in [4.78, 5) is 0. The predicted molar refractivity (Wildman–Crippen MR) is 38.1 cm³/mol. The van der Waals surface area contributed by atoms with Crippen LogP contribution < -0.4 is 0 Å². The Hall–Kier alpha value is 0.380. The summed E-state index contributed by atoms with van der Waals surface area (Å²) in [5.74, 6) is 0.662. The highest BCUT2D eigenvalue weighted by Gasteiger charge is 1.80. The predicted octanol–water partition coefficient (Wildman–Crippen LogP) is 2.45. The van der Waals surface area contributed by atoms with E-state index in [4.69, 9.17) is 11.6 Å². The largest absolute Gasteiger partial charge is 0.174 e. The molecule has 0 aromatic heterocycles. The van der Waals surface area contributed by atoms with E-state index in [0.717, 1.165) is 11.5 Å². The number of hydrogen-bond acceptors (Lipinski definition) is 1. The molecule has 0 nitrogen and oxygen atoms in total. The molecule has 0 aliphatic carbocycles. The quantitative estimate of drug-likeness (QED) is 0.554. The zero-order chi connectivity index (χ0) is 5.70. The highest BCUT2D eigenvalue weighted by Crippen LogP contribution is 2.02. The molecule has 0 unspecified atom stereocenters. The maximum Gasteiger partial charge on any atom is 0.0259 e. The van der Waals surface area contributed by atoms with E-state index < -0.39 is 0 Å². The van der Waals surface area contributed by atoms with Crippen LogP contribution in [0.1, 0.15) is 13.3 Å². The van der Waals surface area contributed by atoms with Gasteiger partial charge in [0.25, 0.3) is 0 Å². The molecular weight excluding hydrogens is 128 g/mol. The fourth-order valence-corrected chi connectivity index (χ4v) is 0.569. The van der Waals surface area contributed by atoms with E-state index in [1.54, 1.807) is 0 Å². The lowest BCUT2D eigenvalue weighted by Crippen LogP contribution is -1.68. The van der Waals surface area contributed by atoms with Crippen LogP contribution in [0, 0.1) is 0 Å². The number of halogens is 1. The molecule has 2 heteroatoms. The molecule has 0 bridgehead atoms. The van der Waals surface area contributed by atoms with E-state index >= 15 is 0 Å². The van der Waals surface area contributed by atoms with Gasteiger partial charge in [0.2, 0.25) is 0 Å². The molecule has 0 radical (unpaired) electrons. The van der Waals surface area contributed by atoms with Gasteiger partial charge in [-0.15, -0.1) is 0 Å². The smallest absolute Gasteiger partial charge is 0.0259 e. The van der Waals surface area contributed by atoms with E-state index in [9.17, 15) is 0 Å². The molecule has 0 fully saturated rings. The molecule has 42 valence electrons. The third-order valence-corrected chi connectivity index (χ3v) is 1.39. The Morgan fingerprint density at radius 2 is 2.43 bits per heavy atom. The molecule has 0 aliphatic heterocycles. The van der Waals surface area contributed by atoms with Gasteiger partial charge in [-0.05, 0) is 6.42 Å². The Balaban J connectivity index is 3.29. The molecule has 7 heavy (non-hydrogen) atoms. The van der Waals surface area contributed by atoms with Gasteiger partial charge in [-0.1, -0.05) is 24.6 Å². The molecule has 0 aromatic carbocycles. The first-order chi connectivity index (χ1) is 3.31. The molecule has 0 saturated carbocycles. The van der Waals surface area contributed by atoms with Gasteiger partial charge < -0.3 is 0 Å². The lowest BCUT2D eigenvalue weighted by Gasteiger charge is -1.84. The lowest BCUT2D eigenvalue weighted by molar-refractivity contribution is 1.21. The van der Waals surface area contributed by atoms with Crippen LogP contribution in [0.3, 0.4) is 0 Å². The highest BCUT2D eigenvalue weighted by molar-refractivity contribution is 7.80. The Morgan fingerprint density at radius 3 is 2.57 bits per heavy atom. The van der Waals surface area contributed by atoms with Crippen LogP contribution >= 0.6 is 24.2 Å². The van der Waals surface area contributed by atoms with Gasteiger partial charge in [-0.25, -0.2) is 0 Å². The Morgan fingerprint density at radius 1 is 1.86 bits per heavy atom. The first-order valence-electron chi connectivity index (χ1n) is 2.26. The van der Waals surface area contributed by atoms with Gasteiger partial charge in [0.15, 0.2) is 0 Å². The zero-order valence-electron chi connectivity index (χ0n) is 4.32. The standard InChI is InChI=1S/C5H9ClS/c1-2-3-5(6)4-7/h3,7H,2,4H2,1H3/b5-3-. The van der Waals surface area contributed by atoms with Crippen molar-refractivity contribution in [1.82, 2.24) is 0 Å². The first-order valence-corrected chi connectivity index (χ1v) is 3.27. The van der Waals surface area contributed by atoms with E-state index in [2.05, 4.69) is 12.6 Å². The maximum absolute atomic E-state index is 5.55.